The lowest BCUT2D eigenvalue weighted by Gasteiger charge is -2.14. The van der Waals surface area contributed by atoms with Gasteiger partial charge in [0.25, 0.3) is 0 Å². The smallest absolute Gasteiger partial charge is 0.0755 e. The van der Waals surface area contributed by atoms with E-state index >= 15 is 0 Å². The summed E-state index contributed by atoms with van der Waals surface area (Å²) in [6.07, 6.45) is 8.61. The Kier molecular flexibility index (Phi) is 10.3. The first-order chi connectivity index (χ1) is 11.1. The predicted octanol–water partition coefficient (Wildman–Crippen LogP) is 3.39. The highest BCUT2D eigenvalue weighted by Gasteiger charge is 2.10. The first-order valence-electron chi connectivity index (χ1n) is 8.47. The van der Waals surface area contributed by atoms with Gasteiger partial charge in [0.15, 0.2) is 0 Å². The second-order valence-electron chi connectivity index (χ2n) is 6.03. The molecule has 128 valence electrons. The van der Waals surface area contributed by atoms with Crippen LogP contribution in [-0.2, 0) is 6.42 Å². The summed E-state index contributed by atoms with van der Waals surface area (Å²) in [6, 6.07) is 10.3. The van der Waals surface area contributed by atoms with Crippen LogP contribution in [0, 0.1) is 0 Å². The minimum Gasteiger partial charge on any atom is -0.393 e. The molecule has 0 amide bonds. The van der Waals surface area contributed by atoms with Gasteiger partial charge < -0.3 is 15.3 Å². The molecule has 0 fully saturated rings. The lowest BCUT2D eigenvalue weighted by Crippen LogP contribution is -2.17. The van der Waals surface area contributed by atoms with Crippen molar-refractivity contribution < 1.29 is 15.3 Å². The molecule has 0 heterocycles. The van der Waals surface area contributed by atoms with E-state index in [4.69, 9.17) is 0 Å². The third-order valence-corrected chi connectivity index (χ3v) is 3.81. The molecule has 0 radical (unpaired) electrons. The second-order valence-corrected chi connectivity index (χ2v) is 6.03. The Balaban J connectivity index is 2.10. The van der Waals surface area contributed by atoms with E-state index in [0.29, 0.717) is 25.7 Å². The Morgan fingerprint density at radius 1 is 0.957 bits per heavy atom. The fraction of sp³-hybridized carbons (Fsp3) is 0.500. The number of hydrogen-bond acceptors (Lipinski definition) is 3. The van der Waals surface area contributed by atoms with Crippen molar-refractivity contribution >= 4 is 0 Å². The highest BCUT2D eigenvalue weighted by atomic mass is 16.3. The largest absolute Gasteiger partial charge is 0.393 e. The summed E-state index contributed by atoms with van der Waals surface area (Å²) >= 11 is 0. The molecule has 0 aliphatic rings. The quantitative estimate of drug-likeness (QED) is 0.409. The van der Waals surface area contributed by atoms with Crippen LogP contribution in [0.15, 0.2) is 55.1 Å². The van der Waals surface area contributed by atoms with Gasteiger partial charge in [-0.2, -0.15) is 0 Å². The molecular weight excluding hydrogens is 288 g/mol. The molecule has 0 aliphatic carbocycles. The fourth-order valence-electron chi connectivity index (χ4n) is 2.52. The Hall–Kier alpha value is -1.42. The molecule has 0 aliphatic heterocycles. The van der Waals surface area contributed by atoms with Crippen LogP contribution in [0.25, 0.3) is 0 Å². The number of aryl methyl sites for hydroxylation is 1. The monoisotopic (exact) mass is 318 g/mol. The van der Waals surface area contributed by atoms with Gasteiger partial charge in [0.05, 0.1) is 18.3 Å². The minimum absolute atomic E-state index is 0.382. The van der Waals surface area contributed by atoms with Crippen LogP contribution < -0.4 is 0 Å². The number of aliphatic hydroxyl groups is 3. The Bertz CT molecular complexity index is 441. The second kappa shape index (κ2) is 12.1. The lowest BCUT2D eigenvalue weighted by atomic mass is 10.0. The van der Waals surface area contributed by atoms with Gasteiger partial charge >= 0.3 is 0 Å². The standard InChI is InChI=1S/C20H30O3/c1-2-9-18(21)14-8-15-20(23)16-19(22)13-7-6-12-17-10-4-3-5-11-17/h2-5,8,10-11,14,18-23H,1,6-7,9,12-13,15-16H2/b14-8+/t18-,19+,20+/m0/s1. The van der Waals surface area contributed by atoms with E-state index in [1.54, 1.807) is 18.2 Å². The molecular formula is C20H30O3. The van der Waals surface area contributed by atoms with Crippen LogP contribution in [-0.4, -0.2) is 33.6 Å². The number of rotatable bonds is 12. The summed E-state index contributed by atoms with van der Waals surface area (Å²) in [5.74, 6) is 0. The summed E-state index contributed by atoms with van der Waals surface area (Å²) in [5.41, 5.74) is 1.32. The van der Waals surface area contributed by atoms with E-state index in [-0.39, 0.29) is 0 Å². The molecule has 0 saturated carbocycles. The zero-order chi connectivity index (χ0) is 16.9. The molecule has 0 saturated heterocycles. The molecule has 3 atom stereocenters. The van der Waals surface area contributed by atoms with Crippen LogP contribution in [0.2, 0.25) is 0 Å². The van der Waals surface area contributed by atoms with Crippen LogP contribution in [0.3, 0.4) is 0 Å². The summed E-state index contributed by atoms with van der Waals surface area (Å²) in [6.45, 7) is 3.56. The molecule has 0 aromatic heterocycles. The van der Waals surface area contributed by atoms with Crippen molar-refractivity contribution in [3.05, 3.63) is 60.7 Å². The third-order valence-electron chi connectivity index (χ3n) is 3.81. The first-order valence-corrected chi connectivity index (χ1v) is 8.47. The number of benzene rings is 1. The van der Waals surface area contributed by atoms with Crippen LogP contribution >= 0.6 is 0 Å². The summed E-state index contributed by atoms with van der Waals surface area (Å²) in [4.78, 5) is 0. The minimum atomic E-state index is -0.564. The molecule has 0 unspecified atom stereocenters. The summed E-state index contributed by atoms with van der Waals surface area (Å²) < 4.78 is 0. The van der Waals surface area contributed by atoms with Crippen LogP contribution in [0.1, 0.15) is 44.1 Å². The zero-order valence-electron chi connectivity index (χ0n) is 13.8. The van der Waals surface area contributed by atoms with E-state index in [9.17, 15) is 15.3 Å². The van der Waals surface area contributed by atoms with Crippen LogP contribution in [0.5, 0.6) is 0 Å². The molecule has 1 rings (SSSR count). The van der Waals surface area contributed by atoms with Gasteiger partial charge in [0.2, 0.25) is 0 Å². The SMILES string of the molecule is C=CC[C@H](O)/C=C/C[C@@H](O)C[C@H](O)CCCCc1ccccc1. The predicted molar refractivity (Wildman–Crippen MR) is 95.2 cm³/mol. The van der Waals surface area contributed by atoms with Gasteiger partial charge in [-0.1, -0.05) is 55.0 Å². The Morgan fingerprint density at radius 2 is 1.70 bits per heavy atom. The molecule has 0 spiro atoms. The van der Waals surface area contributed by atoms with Gasteiger partial charge in [0.1, 0.15) is 0 Å². The molecule has 3 nitrogen and oxygen atoms in total. The van der Waals surface area contributed by atoms with Crippen molar-refractivity contribution in [3.8, 4) is 0 Å². The number of hydrogen-bond donors (Lipinski definition) is 3. The van der Waals surface area contributed by atoms with Crippen molar-refractivity contribution in [1.82, 2.24) is 0 Å². The normalized spacial score (nSPS) is 15.4. The average Bonchev–Trinajstić information content (AvgIpc) is 2.53. The maximum atomic E-state index is 9.96. The van der Waals surface area contributed by atoms with Crippen molar-refractivity contribution in [2.75, 3.05) is 0 Å². The van der Waals surface area contributed by atoms with Gasteiger partial charge in [0, 0.05) is 0 Å². The molecule has 1 aromatic carbocycles. The average molecular weight is 318 g/mol. The maximum Gasteiger partial charge on any atom is 0.0755 e. The molecule has 23 heavy (non-hydrogen) atoms. The summed E-state index contributed by atoms with van der Waals surface area (Å²) in [7, 11) is 0. The number of unbranched alkanes of at least 4 members (excludes halogenated alkanes) is 1. The molecule has 3 heteroatoms. The molecule has 0 bridgehead atoms. The topological polar surface area (TPSA) is 60.7 Å². The summed E-state index contributed by atoms with van der Waals surface area (Å²) in [5, 5.41) is 29.3. The van der Waals surface area contributed by atoms with Crippen molar-refractivity contribution in [1.29, 1.82) is 0 Å². The van der Waals surface area contributed by atoms with E-state index in [0.717, 1.165) is 19.3 Å². The van der Waals surface area contributed by atoms with E-state index < -0.39 is 18.3 Å². The molecule has 3 N–H and O–H groups in total. The maximum absolute atomic E-state index is 9.96. The van der Waals surface area contributed by atoms with Gasteiger partial charge in [-0.3, -0.25) is 0 Å². The fourth-order valence-corrected chi connectivity index (χ4v) is 2.52. The van der Waals surface area contributed by atoms with E-state index in [1.165, 1.54) is 5.56 Å². The number of aliphatic hydroxyl groups excluding tert-OH is 3. The lowest BCUT2D eigenvalue weighted by molar-refractivity contribution is 0.0756. The van der Waals surface area contributed by atoms with Crippen LogP contribution in [0.4, 0.5) is 0 Å². The van der Waals surface area contributed by atoms with Crippen molar-refractivity contribution in [3.63, 3.8) is 0 Å². The van der Waals surface area contributed by atoms with Crippen molar-refractivity contribution in [2.45, 2.75) is 63.3 Å². The van der Waals surface area contributed by atoms with E-state index in [2.05, 4.69) is 18.7 Å². The highest BCUT2D eigenvalue weighted by Crippen LogP contribution is 2.12. The third kappa shape index (κ3) is 10.1. The zero-order valence-corrected chi connectivity index (χ0v) is 13.8. The Labute approximate surface area is 140 Å². The van der Waals surface area contributed by atoms with Gasteiger partial charge in [-0.25, -0.2) is 0 Å². The van der Waals surface area contributed by atoms with Gasteiger partial charge in [-0.15, -0.1) is 6.58 Å². The van der Waals surface area contributed by atoms with E-state index in [1.807, 2.05) is 18.2 Å². The molecule has 1 aromatic rings. The highest BCUT2D eigenvalue weighted by molar-refractivity contribution is 5.14. The van der Waals surface area contributed by atoms with Crippen molar-refractivity contribution in [2.24, 2.45) is 0 Å². The van der Waals surface area contributed by atoms with Gasteiger partial charge in [-0.05, 0) is 44.1 Å². The Morgan fingerprint density at radius 3 is 2.39 bits per heavy atom. The first kappa shape index (κ1) is 19.6.